The molecule has 0 N–H and O–H groups in total. The Kier molecular flexibility index (Phi) is 3.54. The molecule has 0 spiro atoms. The van der Waals surface area contributed by atoms with Crippen molar-refractivity contribution in [3.8, 4) is 0 Å². The maximum atomic E-state index is 13.6. The first-order valence-corrected chi connectivity index (χ1v) is 6.94. The molecule has 2 saturated carbocycles. The molecule has 0 unspecified atom stereocenters. The topological polar surface area (TPSA) is 34.1 Å². The number of alkyl halides is 7. The van der Waals surface area contributed by atoms with Crippen molar-refractivity contribution in [3.05, 3.63) is 0 Å². The van der Waals surface area contributed by atoms with Crippen LogP contribution in [0.5, 0.6) is 0 Å². The third-order valence-electron chi connectivity index (χ3n) is 5.88. The van der Waals surface area contributed by atoms with Crippen LogP contribution in [0.3, 0.4) is 0 Å². The van der Waals surface area contributed by atoms with Crippen LogP contribution in [0.2, 0.25) is 0 Å². The summed E-state index contributed by atoms with van der Waals surface area (Å²) in [6.07, 6.45) is -6.15. The molecule has 0 saturated heterocycles. The quantitative estimate of drug-likeness (QED) is 0.570. The minimum atomic E-state index is -6.59. The first-order valence-electron chi connectivity index (χ1n) is 6.94. The molecule has 0 aromatic heterocycles. The number of carbonyl (C=O) groups is 2. The number of halogens is 7. The highest BCUT2D eigenvalue weighted by atomic mass is 19.4. The van der Waals surface area contributed by atoms with E-state index in [9.17, 15) is 40.3 Å². The maximum absolute atomic E-state index is 13.6. The van der Waals surface area contributed by atoms with E-state index >= 15 is 0 Å². The van der Waals surface area contributed by atoms with Crippen molar-refractivity contribution in [2.75, 3.05) is 0 Å². The van der Waals surface area contributed by atoms with E-state index in [4.69, 9.17) is 0 Å². The van der Waals surface area contributed by atoms with Gasteiger partial charge in [0.1, 0.15) is 5.78 Å². The Morgan fingerprint density at radius 2 is 1.52 bits per heavy atom. The molecule has 9 heteroatoms. The fourth-order valence-corrected chi connectivity index (χ4v) is 3.92. The van der Waals surface area contributed by atoms with Gasteiger partial charge in [0.2, 0.25) is 5.78 Å². The van der Waals surface area contributed by atoms with Gasteiger partial charge in [0.25, 0.3) is 0 Å². The maximum Gasteiger partial charge on any atom is 0.460 e. The van der Waals surface area contributed by atoms with E-state index in [1.807, 2.05) is 0 Å². The molecule has 23 heavy (non-hydrogen) atoms. The molecular weight excluding hydrogens is 333 g/mol. The summed E-state index contributed by atoms with van der Waals surface area (Å²) >= 11 is 0. The molecule has 2 fully saturated rings. The summed E-state index contributed by atoms with van der Waals surface area (Å²) < 4.78 is 90.1. The van der Waals surface area contributed by atoms with Crippen LogP contribution < -0.4 is 0 Å². The molecule has 0 amide bonds. The standard InChI is InChI=1S/C14H15F7O2/c1-10(2)6-4-5-11(10,3)8(22)7(6)9(23)12(15,16)13(17,18)14(19,20)21/h6-7H,4-5H2,1-3H3/t6-,7-,11-/m1/s1. The first-order chi connectivity index (χ1) is 10.0. The van der Waals surface area contributed by atoms with Gasteiger partial charge in [0, 0.05) is 5.41 Å². The zero-order valence-corrected chi connectivity index (χ0v) is 12.5. The number of carbonyl (C=O) groups excluding carboxylic acids is 2. The van der Waals surface area contributed by atoms with Gasteiger partial charge in [-0.2, -0.15) is 30.7 Å². The van der Waals surface area contributed by atoms with E-state index in [2.05, 4.69) is 0 Å². The molecular formula is C14H15F7O2. The number of hydrogen-bond acceptors (Lipinski definition) is 2. The van der Waals surface area contributed by atoms with Crippen LogP contribution in [0.4, 0.5) is 30.7 Å². The van der Waals surface area contributed by atoms with E-state index in [1.165, 1.54) is 20.8 Å². The zero-order chi connectivity index (χ0) is 18.2. The second kappa shape index (κ2) is 4.47. The third kappa shape index (κ3) is 1.94. The monoisotopic (exact) mass is 348 g/mol. The highest BCUT2D eigenvalue weighted by molar-refractivity contribution is 6.10. The predicted molar refractivity (Wildman–Crippen MR) is 64.1 cm³/mol. The van der Waals surface area contributed by atoms with Gasteiger partial charge in [-0.3, -0.25) is 9.59 Å². The Labute approximate surface area is 127 Å². The molecule has 0 aromatic carbocycles. The second-order valence-corrected chi connectivity index (χ2v) is 7.05. The van der Waals surface area contributed by atoms with Gasteiger partial charge < -0.3 is 0 Å². The molecule has 0 heterocycles. The van der Waals surface area contributed by atoms with E-state index in [1.54, 1.807) is 0 Å². The second-order valence-electron chi connectivity index (χ2n) is 7.05. The van der Waals surface area contributed by atoms with Gasteiger partial charge in [-0.25, -0.2) is 0 Å². The van der Waals surface area contributed by atoms with E-state index < -0.39 is 52.3 Å². The number of rotatable bonds is 3. The van der Waals surface area contributed by atoms with Crippen molar-refractivity contribution in [3.63, 3.8) is 0 Å². The SMILES string of the molecule is CC1(C)[C@@H]2CC[C@]1(C)C(=O)[C@@H]2C(=O)C(F)(F)C(F)(F)C(F)(F)F. The molecule has 0 aliphatic heterocycles. The van der Waals surface area contributed by atoms with Crippen LogP contribution in [0.15, 0.2) is 0 Å². The third-order valence-corrected chi connectivity index (χ3v) is 5.88. The van der Waals surface area contributed by atoms with Gasteiger partial charge in [0.15, 0.2) is 0 Å². The zero-order valence-electron chi connectivity index (χ0n) is 12.5. The lowest BCUT2D eigenvalue weighted by molar-refractivity contribution is -0.344. The van der Waals surface area contributed by atoms with Crippen LogP contribution in [-0.2, 0) is 9.59 Å². The summed E-state index contributed by atoms with van der Waals surface area (Å²) in [6.45, 7) is 4.51. The highest BCUT2D eigenvalue weighted by Crippen LogP contribution is 2.66. The van der Waals surface area contributed by atoms with Gasteiger partial charge in [-0.1, -0.05) is 20.8 Å². The Bertz CT molecular complexity index is 564. The van der Waals surface area contributed by atoms with Crippen LogP contribution in [0.1, 0.15) is 33.6 Å². The predicted octanol–water partition coefficient (Wildman–Crippen LogP) is 4.03. The summed E-state index contributed by atoms with van der Waals surface area (Å²) in [5.74, 6) is -19.2. The minimum absolute atomic E-state index is 0.152. The minimum Gasteiger partial charge on any atom is -0.298 e. The molecule has 3 atom stereocenters. The van der Waals surface area contributed by atoms with E-state index in [0.717, 1.165) is 0 Å². The molecule has 0 radical (unpaired) electrons. The Morgan fingerprint density at radius 1 is 1.04 bits per heavy atom. The lowest BCUT2D eigenvalue weighted by Crippen LogP contribution is -2.59. The summed E-state index contributed by atoms with van der Waals surface area (Å²) in [6, 6.07) is 0. The van der Waals surface area contributed by atoms with Gasteiger partial charge in [-0.15, -0.1) is 0 Å². The molecule has 2 aliphatic rings. The van der Waals surface area contributed by atoms with Crippen LogP contribution >= 0.6 is 0 Å². The summed E-state index contributed by atoms with van der Waals surface area (Å²) in [4.78, 5) is 24.1. The average Bonchev–Trinajstić information content (AvgIpc) is 2.68. The van der Waals surface area contributed by atoms with Crippen molar-refractivity contribution in [2.24, 2.45) is 22.7 Å². The Balaban J connectivity index is 2.45. The molecule has 2 rings (SSSR count). The molecule has 2 aliphatic carbocycles. The number of hydrogen-bond donors (Lipinski definition) is 0. The average molecular weight is 348 g/mol. The molecule has 2 nitrogen and oxygen atoms in total. The lowest BCUT2D eigenvalue weighted by atomic mass is 9.70. The normalized spacial score (nSPS) is 34.1. The van der Waals surface area contributed by atoms with Crippen molar-refractivity contribution < 1.29 is 40.3 Å². The van der Waals surface area contributed by atoms with Gasteiger partial charge in [0.05, 0.1) is 5.92 Å². The lowest BCUT2D eigenvalue weighted by Gasteiger charge is -2.32. The van der Waals surface area contributed by atoms with E-state index in [-0.39, 0.29) is 12.8 Å². The van der Waals surface area contributed by atoms with Crippen molar-refractivity contribution in [1.82, 2.24) is 0 Å². The highest BCUT2D eigenvalue weighted by Gasteiger charge is 2.79. The number of Topliss-reactive ketones (excluding diaryl/α,β-unsaturated/α-hetero) is 2. The summed E-state index contributed by atoms with van der Waals surface area (Å²) in [5.41, 5.74) is -2.10. The van der Waals surface area contributed by atoms with Gasteiger partial charge >= 0.3 is 18.0 Å². The van der Waals surface area contributed by atoms with Crippen molar-refractivity contribution in [1.29, 1.82) is 0 Å². The smallest absolute Gasteiger partial charge is 0.298 e. The first kappa shape index (κ1) is 18.2. The summed E-state index contributed by atoms with van der Waals surface area (Å²) in [7, 11) is 0. The number of ketones is 2. The molecule has 0 aromatic rings. The van der Waals surface area contributed by atoms with E-state index in [0.29, 0.717) is 0 Å². The fourth-order valence-electron chi connectivity index (χ4n) is 3.92. The van der Waals surface area contributed by atoms with Crippen molar-refractivity contribution in [2.45, 2.75) is 51.6 Å². The summed E-state index contributed by atoms with van der Waals surface area (Å²) in [5, 5.41) is 0. The Morgan fingerprint density at radius 3 is 1.87 bits per heavy atom. The van der Waals surface area contributed by atoms with Crippen LogP contribution in [0.25, 0.3) is 0 Å². The van der Waals surface area contributed by atoms with Crippen LogP contribution in [-0.4, -0.2) is 29.6 Å². The largest absolute Gasteiger partial charge is 0.460 e. The van der Waals surface area contributed by atoms with Crippen LogP contribution in [0, 0.1) is 22.7 Å². The molecule has 132 valence electrons. The van der Waals surface area contributed by atoms with Gasteiger partial charge in [-0.05, 0) is 24.2 Å². The van der Waals surface area contributed by atoms with Crippen molar-refractivity contribution >= 4 is 11.6 Å². The molecule has 2 bridgehead atoms. The Hall–Kier alpha value is -1.15. The number of fused-ring (bicyclic) bond motifs is 2. The fraction of sp³-hybridized carbons (Fsp3) is 0.857.